The van der Waals surface area contributed by atoms with Crippen molar-refractivity contribution in [2.45, 2.75) is 25.4 Å². The first-order valence-corrected chi connectivity index (χ1v) is 4.37. The van der Waals surface area contributed by atoms with E-state index >= 15 is 0 Å². The standard InChI is InChI=1S/C8H12F3NO2/c9-8(10,11)2-1-7(6(13)14)3-4-12-5-7/h12H,1-5H2,(H,13,14). The summed E-state index contributed by atoms with van der Waals surface area (Å²) >= 11 is 0. The molecule has 1 unspecified atom stereocenters. The largest absolute Gasteiger partial charge is 0.481 e. The molecule has 82 valence electrons. The van der Waals surface area contributed by atoms with Crippen LogP contribution in [0, 0.1) is 5.41 Å². The summed E-state index contributed by atoms with van der Waals surface area (Å²) in [5.41, 5.74) is -1.21. The van der Waals surface area contributed by atoms with Crippen LogP contribution in [0.4, 0.5) is 13.2 Å². The van der Waals surface area contributed by atoms with E-state index in [1.54, 1.807) is 0 Å². The monoisotopic (exact) mass is 211 g/mol. The Bertz CT molecular complexity index is 221. The van der Waals surface area contributed by atoms with Crippen molar-refractivity contribution in [2.24, 2.45) is 5.41 Å². The van der Waals surface area contributed by atoms with Gasteiger partial charge in [0.15, 0.2) is 0 Å². The van der Waals surface area contributed by atoms with Gasteiger partial charge in [-0.25, -0.2) is 0 Å². The van der Waals surface area contributed by atoms with E-state index in [1.165, 1.54) is 0 Å². The van der Waals surface area contributed by atoms with E-state index in [2.05, 4.69) is 5.32 Å². The van der Waals surface area contributed by atoms with E-state index in [0.29, 0.717) is 6.54 Å². The molecule has 3 nitrogen and oxygen atoms in total. The lowest BCUT2D eigenvalue weighted by atomic mass is 9.82. The van der Waals surface area contributed by atoms with Crippen LogP contribution in [0.25, 0.3) is 0 Å². The molecule has 14 heavy (non-hydrogen) atoms. The molecule has 0 radical (unpaired) electrons. The third kappa shape index (κ3) is 2.60. The minimum atomic E-state index is -4.27. The Labute approximate surface area is 79.3 Å². The van der Waals surface area contributed by atoms with Crippen molar-refractivity contribution < 1.29 is 23.1 Å². The number of carboxylic acids is 1. The quantitative estimate of drug-likeness (QED) is 0.741. The van der Waals surface area contributed by atoms with Crippen LogP contribution in [-0.4, -0.2) is 30.3 Å². The predicted molar refractivity (Wildman–Crippen MR) is 42.8 cm³/mol. The van der Waals surface area contributed by atoms with Crippen LogP contribution in [0.1, 0.15) is 19.3 Å². The first kappa shape index (κ1) is 11.3. The molecule has 0 aromatic rings. The summed E-state index contributed by atoms with van der Waals surface area (Å²) in [5.74, 6) is -1.13. The van der Waals surface area contributed by atoms with Crippen molar-refractivity contribution in [2.75, 3.05) is 13.1 Å². The Hall–Kier alpha value is -0.780. The summed E-state index contributed by atoms with van der Waals surface area (Å²) in [4.78, 5) is 10.8. The number of carbonyl (C=O) groups is 1. The van der Waals surface area contributed by atoms with Crippen molar-refractivity contribution in [3.05, 3.63) is 0 Å². The average Bonchev–Trinajstić information content (AvgIpc) is 2.48. The lowest BCUT2D eigenvalue weighted by molar-refractivity contribution is -0.156. The predicted octanol–water partition coefficient (Wildman–Crippen LogP) is 1.39. The second-order valence-electron chi connectivity index (χ2n) is 3.63. The molecular formula is C8H12F3NO2. The number of aliphatic carboxylic acids is 1. The molecule has 0 saturated carbocycles. The van der Waals surface area contributed by atoms with Gasteiger partial charge in [0.2, 0.25) is 0 Å². The van der Waals surface area contributed by atoms with E-state index < -0.39 is 24.0 Å². The van der Waals surface area contributed by atoms with Gasteiger partial charge in [-0.2, -0.15) is 13.2 Å². The molecular weight excluding hydrogens is 199 g/mol. The lowest BCUT2D eigenvalue weighted by Crippen LogP contribution is -2.34. The van der Waals surface area contributed by atoms with E-state index in [-0.39, 0.29) is 19.4 Å². The molecule has 1 aliphatic rings. The van der Waals surface area contributed by atoms with Crippen molar-refractivity contribution in [3.8, 4) is 0 Å². The molecule has 1 heterocycles. The number of halogens is 3. The van der Waals surface area contributed by atoms with Crippen LogP contribution in [0.3, 0.4) is 0 Å². The van der Waals surface area contributed by atoms with Gasteiger partial charge in [0.25, 0.3) is 0 Å². The van der Waals surface area contributed by atoms with Crippen LogP contribution in [0.5, 0.6) is 0 Å². The van der Waals surface area contributed by atoms with Gasteiger partial charge < -0.3 is 10.4 Å². The zero-order valence-corrected chi connectivity index (χ0v) is 7.52. The summed E-state index contributed by atoms with van der Waals surface area (Å²) in [6.07, 6.45) is -5.36. The van der Waals surface area contributed by atoms with E-state index in [1.807, 2.05) is 0 Å². The molecule has 2 N–H and O–H groups in total. The summed E-state index contributed by atoms with van der Waals surface area (Å²) < 4.78 is 35.8. The molecule has 0 aromatic heterocycles. The molecule has 1 saturated heterocycles. The third-order valence-corrected chi connectivity index (χ3v) is 2.58. The van der Waals surface area contributed by atoms with E-state index in [4.69, 9.17) is 5.11 Å². The van der Waals surface area contributed by atoms with E-state index in [0.717, 1.165) is 0 Å². The molecule has 1 fully saturated rings. The molecule has 0 aromatic carbocycles. The van der Waals surface area contributed by atoms with Gasteiger partial charge in [0.05, 0.1) is 5.41 Å². The maximum Gasteiger partial charge on any atom is 0.389 e. The molecule has 0 aliphatic carbocycles. The number of hydrogen-bond donors (Lipinski definition) is 2. The molecule has 1 atom stereocenters. The Kier molecular flexibility index (Phi) is 3.04. The third-order valence-electron chi connectivity index (χ3n) is 2.58. The Morgan fingerprint density at radius 3 is 2.50 bits per heavy atom. The number of rotatable bonds is 3. The SMILES string of the molecule is O=C(O)C1(CCC(F)(F)F)CCNC1. The Morgan fingerprint density at radius 1 is 1.50 bits per heavy atom. The number of carboxylic acid groups (broad SMARTS) is 1. The molecule has 1 aliphatic heterocycles. The molecule has 0 spiro atoms. The van der Waals surface area contributed by atoms with Crippen LogP contribution >= 0.6 is 0 Å². The highest BCUT2D eigenvalue weighted by Gasteiger charge is 2.43. The van der Waals surface area contributed by atoms with Gasteiger partial charge in [0, 0.05) is 13.0 Å². The fourth-order valence-electron chi connectivity index (χ4n) is 1.63. The normalized spacial score (nSPS) is 27.9. The lowest BCUT2D eigenvalue weighted by Gasteiger charge is -2.23. The Balaban J connectivity index is 2.57. The minimum Gasteiger partial charge on any atom is -0.481 e. The smallest absolute Gasteiger partial charge is 0.389 e. The van der Waals surface area contributed by atoms with Gasteiger partial charge in [0.1, 0.15) is 0 Å². The van der Waals surface area contributed by atoms with Crippen molar-refractivity contribution >= 4 is 5.97 Å². The first-order valence-electron chi connectivity index (χ1n) is 4.37. The van der Waals surface area contributed by atoms with Gasteiger partial charge in [-0.3, -0.25) is 4.79 Å². The van der Waals surface area contributed by atoms with Gasteiger partial charge in [-0.15, -0.1) is 0 Å². The van der Waals surface area contributed by atoms with Crippen molar-refractivity contribution in [1.82, 2.24) is 5.32 Å². The van der Waals surface area contributed by atoms with Crippen molar-refractivity contribution in [1.29, 1.82) is 0 Å². The van der Waals surface area contributed by atoms with Crippen LogP contribution in [0.15, 0.2) is 0 Å². The summed E-state index contributed by atoms with van der Waals surface area (Å²) in [7, 11) is 0. The van der Waals surface area contributed by atoms with Crippen LogP contribution in [-0.2, 0) is 4.79 Å². The summed E-state index contributed by atoms with van der Waals surface area (Å²) in [6, 6.07) is 0. The van der Waals surface area contributed by atoms with Gasteiger partial charge in [-0.05, 0) is 19.4 Å². The number of nitrogens with one attached hydrogen (secondary N) is 1. The first-order chi connectivity index (χ1) is 6.36. The maximum atomic E-state index is 11.9. The van der Waals surface area contributed by atoms with E-state index in [9.17, 15) is 18.0 Å². The molecule has 1 rings (SSSR count). The van der Waals surface area contributed by atoms with Gasteiger partial charge >= 0.3 is 12.1 Å². The molecule has 0 bridgehead atoms. The highest BCUT2D eigenvalue weighted by Crippen LogP contribution is 2.35. The van der Waals surface area contributed by atoms with Crippen molar-refractivity contribution in [3.63, 3.8) is 0 Å². The topological polar surface area (TPSA) is 49.3 Å². The van der Waals surface area contributed by atoms with Crippen LogP contribution < -0.4 is 5.32 Å². The fourth-order valence-corrected chi connectivity index (χ4v) is 1.63. The minimum absolute atomic E-state index is 0.137. The molecule has 6 heteroatoms. The average molecular weight is 211 g/mol. The highest BCUT2D eigenvalue weighted by molar-refractivity contribution is 5.75. The zero-order valence-electron chi connectivity index (χ0n) is 7.52. The second-order valence-corrected chi connectivity index (χ2v) is 3.63. The van der Waals surface area contributed by atoms with Crippen LogP contribution in [0.2, 0.25) is 0 Å². The Morgan fingerprint density at radius 2 is 2.14 bits per heavy atom. The maximum absolute atomic E-state index is 11.9. The zero-order chi connectivity index (χ0) is 10.8. The highest BCUT2D eigenvalue weighted by atomic mass is 19.4. The number of alkyl halides is 3. The summed E-state index contributed by atoms with van der Waals surface area (Å²) in [5, 5.41) is 11.6. The summed E-state index contributed by atoms with van der Waals surface area (Å²) in [6.45, 7) is 0.614. The second kappa shape index (κ2) is 3.76. The molecule has 0 amide bonds. The number of hydrogen-bond acceptors (Lipinski definition) is 2. The van der Waals surface area contributed by atoms with Gasteiger partial charge in [-0.1, -0.05) is 0 Å². The fraction of sp³-hybridized carbons (Fsp3) is 0.875.